The van der Waals surface area contributed by atoms with Gasteiger partial charge in [-0.25, -0.2) is 9.97 Å². The molecule has 1 atom stereocenters. The highest BCUT2D eigenvalue weighted by Gasteiger charge is 2.43. The Morgan fingerprint density at radius 1 is 1.22 bits per heavy atom. The van der Waals surface area contributed by atoms with E-state index in [1.165, 1.54) is 0 Å². The topological polar surface area (TPSA) is 58.6 Å². The van der Waals surface area contributed by atoms with Gasteiger partial charge in [-0.3, -0.25) is 4.79 Å². The molecule has 0 aromatic carbocycles. The van der Waals surface area contributed by atoms with Gasteiger partial charge >= 0.3 is 0 Å². The van der Waals surface area contributed by atoms with Crippen molar-refractivity contribution in [3.63, 3.8) is 0 Å². The van der Waals surface area contributed by atoms with E-state index in [9.17, 15) is 4.79 Å². The van der Waals surface area contributed by atoms with Crippen LogP contribution in [-0.2, 0) is 9.53 Å². The van der Waals surface area contributed by atoms with Crippen LogP contribution in [0.2, 0.25) is 0 Å². The molecule has 1 aliphatic carbocycles. The number of anilines is 1. The summed E-state index contributed by atoms with van der Waals surface area (Å²) in [5.74, 6) is 1.42. The van der Waals surface area contributed by atoms with Gasteiger partial charge in [0.05, 0.1) is 13.2 Å². The molecule has 3 heterocycles. The van der Waals surface area contributed by atoms with Gasteiger partial charge in [0.25, 0.3) is 0 Å². The lowest BCUT2D eigenvalue weighted by Gasteiger charge is -2.43. The number of nitrogens with zero attached hydrogens (tertiary/aromatic N) is 4. The van der Waals surface area contributed by atoms with Crippen molar-refractivity contribution in [2.45, 2.75) is 25.7 Å². The van der Waals surface area contributed by atoms with Crippen LogP contribution in [0.4, 0.5) is 5.95 Å². The Morgan fingerprint density at radius 3 is 2.83 bits per heavy atom. The molecule has 0 bridgehead atoms. The summed E-state index contributed by atoms with van der Waals surface area (Å²) in [7, 11) is 0. The van der Waals surface area contributed by atoms with Gasteiger partial charge in [-0.2, -0.15) is 0 Å². The van der Waals surface area contributed by atoms with Crippen molar-refractivity contribution in [1.82, 2.24) is 14.9 Å². The third-order valence-electron chi connectivity index (χ3n) is 5.17. The molecule has 3 fully saturated rings. The van der Waals surface area contributed by atoms with Crippen LogP contribution in [0.3, 0.4) is 0 Å². The van der Waals surface area contributed by atoms with Crippen molar-refractivity contribution >= 4 is 11.9 Å². The molecule has 1 spiro atoms. The number of piperidine rings is 1. The molecule has 1 aromatic rings. The van der Waals surface area contributed by atoms with Gasteiger partial charge in [0.2, 0.25) is 11.9 Å². The average molecular weight is 316 g/mol. The van der Waals surface area contributed by atoms with Crippen molar-refractivity contribution in [1.29, 1.82) is 0 Å². The second-order valence-corrected chi connectivity index (χ2v) is 7.16. The quantitative estimate of drug-likeness (QED) is 0.824. The highest BCUT2D eigenvalue weighted by Crippen LogP contribution is 2.37. The van der Waals surface area contributed by atoms with Crippen LogP contribution in [0.25, 0.3) is 0 Å². The molecule has 6 nitrogen and oxygen atoms in total. The summed E-state index contributed by atoms with van der Waals surface area (Å²) in [6.45, 7) is 4.81. The summed E-state index contributed by atoms with van der Waals surface area (Å²) in [6.07, 6.45) is 7.87. The summed E-state index contributed by atoms with van der Waals surface area (Å²) >= 11 is 0. The number of hydrogen-bond donors (Lipinski definition) is 0. The van der Waals surface area contributed by atoms with E-state index in [2.05, 4.69) is 19.8 Å². The number of rotatable bonds is 2. The number of likely N-dealkylation sites (tertiary alicyclic amines) is 1. The molecule has 124 valence electrons. The highest BCUT2D eigenvalue weighted by atomic mass is 16.5. The number of amides is 1. The molecular weight excluding hydrogens is 292 g/mol. The molecule has 1 saturated carbocycles. The zero-order chi connectivity index (χ0) is 15.7. The second kappa shape index (κ2) is 6.07. The Balaban J connectivity index is 1.52. The minimum Gasteiger partial charge on any atom is -0.379 e. The fourth-order valence-corrected chi connectivity index (χ4v) is 3.85. The van der Waals surface area contributed by atoms with Crippen molar-refractivity contribution in [2.75, 3.05) is 44.3 Å². The first-order valence-corrected chi connectivity index (χ1v) is 8.64. The van der Waals surface area contributed by atoms with Crippen molar-refractivity contribution in [2.24, 2.45) is 11.3 Å². The van der Waals surface area contributed by atoms with Crippen LogP contribution in [0.1, 0.15) is 25.7 Å². The zero-order valence-electron chi connectivity index (χ0n) is 13.5. The lowest BCUT2D eigenvalue weighted by molar-refractivity contribution is -0.136. The van der Waals surface area contributed by atoms with Crippen LogP contribution >= 0.6 is 0 Å². The second-order valence-electron chi connectivity index (χ2n) is 7.16. The number of hydrogen-bond acceptors (Lipinski definition) is 5. The standard InChI is InChI=1S/C17H24N4O2/c22-15(14-3-4-14)20-8-1-5-17(11-20)12-21(9-10-23-13-17)16-18-6-2-7-19-16/h2,6-7,14H,1,3-5,8-13H2/t17-/m0/s1. The van der Waals surface area contributed by atoms with E-state index in [1.807, 2.05) is 6.07 Å². The molecule has 1 amide bonds. The fraction of sp³-hybridized carbons (Fsp3) is 0.706. The number of ether oxygens (including phenoxy) is 1. The monoisotopic (exact) mass is 316 g/mol. The minimum absolute atomic E-state index is 0.0124. The summed E-state index contributed by atoms with van der Waals surface area (Å²) in [6, 6.07) is 1.84. The predicted molar refractivity (Wildman–Crippen MR) is 86.0 cm³/mol. The Bertz CT molecular complexity index is 563. The van der Waals surface area contributed by atoms with E-state index in [-0.39, 0.29) is 5.41 Å². The van der Waals surface area contributed by atoms with E-state index in [4.69, 9.17) is 4.74 Å². The third kappa shape index (κ3) is 3.17. The molecule has 4 rings (SSSR count). The average Bonchev–Trinajstić information content (AvgIpc) is 3.43. The fourth-order valence-electron chi connectivity index (χ4n) is 3.85. The number of carbonyl (C=O) groups excluding carboxylic acids is 1. The molecular formula is C17H24N4O2. The first-order valence-electron chi connectivity index (χ1n) is 8.64. The van der Waals surface area contributed by atoms with E-state index in [0.29, 0.717) is 18.4 Å². The van der Waals surface area contributed by atoms with Crippen LogP contribution in [0.15, 0.2) is 18.5 Å². The van der Waals surface area contributed by atoms with Crippen LogP contribution in [0.5, 0.6) is 0 Å². The molecule has 23 heavy (non-hydrogen) atoms. The van der Waals surface area contributed by atoms with Gasteiger partial charge < -0.3 is 14.5 Å². The van der Waals surface area contributed by atoms with Crippen LogP contribution in [0, 0.1) is 11.3 Å². The van der Waals surface area contributed by atoms with Gasteiger partial charge in [-0.1, -0.05) is 0 Å². The summed E-state index contributed by atoms with van der Waals surface area (Å²) < 4.78 is 5.91. The number of carbonyl (C=O) groups is 1. The molecule has 0 unspecified atom stereocenters. The lowest BCUT2D eigenvalue weighted by Crippen LogP contribution is -2.52. The Morgan fingerprint density at radius 2 is 2.04 bits per heavy atom. The van der Waals surface area contributed by atoms with Crippen molar-refractivity contribution in [3.05, 3.63) is 18.5 Å². The molecule has 6 heteroatoms. The molecule has 2 saturated heterocycles. The lowest BCUT2D eigenvalue weighted by atomic mass is 9.80. The number of aromatic nitrogens is 2. The maximum Gasteiger partial charge on any atom is 0.225 e. The van der Waals surface area contributed by atoms with Crippen LogP contribution in [-0.4, -0.2) is 60.2 Å². The predicted octanol–water partition coefficient (Wildman–Crippen LogP) is 1.33. The molecule has 0 radical (unpaired) electrons. The van der Waals surface area contributed by atoms with Crippen molar-refractivity contribution in [3.8, 4) is 0 Å². The largest absolute Gasteiger partial charge is 0.379 e. The third-order valence-corrected chi connectivity index (χ3v) is 5.17. The SMILES string of the molecule is O=C(C1CC1)N1CCC[C@]2(COCCN(c3ncccn3)C2)C1. The molecule has 0 N–H and O–H groups in total. The van der Waals surface area contributed by atoms with E-state index >= 15 is 0 Å². The highest BCUT2D eigenvalue weighted by molar-refractivity contribution is 5.81. The Hall–Kier alpha value is -1.69. The van der Waals surface area contributed by atoms with E-state index in [0.717, 1.165) is 64.4 Å². The summed E-state index contributed by atoms with van der Waals surface area (Å²) in [4.78, 5) is 25.6. The van der Waals surface area contributed by atoms with E-state index < -0.39 is 0 Å². The van der Waals surface area contributed by atoms with Gasteiger partial charge in [-0.15, -0.1) is 0 Å². The Kier molecular flexibility index (Phi) is 3.93. The van der Waals surface area contributed by atoms with E-state index in [1.54, 1.807) is 12.4 Å². The minimum atomic E-state index is 0.0124. The van der Waals surface area contributed by atoms with Crippen LogP contribution < -0.4 is 4.90 Å². The Labute approximate surface area is 136 Å². The summed E-state index contributed by atoms with van der Waals surface area (Å²) in [5, 5.41) is 0. The zero-order valence-corrected chi connectivity index (χ0v) is 13.5. The smallest absolute Gasteiger partial charge is 0.225 e. The maximum absolute atomic E-state index is 12.5. The summed E-state index contributed by atoms with van der Waals surface area (Å²) in [5.41, 5.74) is 0.0124. The van der Waals surface area contributed by atoms with Crippen molar-refractivity contribution < 1.29 is 9.53 Å². The van der Waals surface area contributed by atoms with Gasteiger partial charge in [0.1, 0.15) is 0 Å². The van der Waals surface area contributed by atoms with Gasteiger partial charge in [-0.05, 0) is 31.7 Å². The first-order chi connectivity index (χ1) is 11.3. The first kappa shape index (κ1) is 14.9. The molecule has 3 aliphatic rings. The molecule has 2 aliphatic heterocycles. The molecule has 1 aromatic heterocycles. The normalized spacial score (nSPS) is 28.7. The van der Waals surface area contributed by atoms with Gasteiger partial charge in [0.15, 0.2) is 0 Å². The maximum atomic E-state index is 12.5. The van der Waals surface area contributed by atoms with Gasteiger partial charge in [0, 0.05) is 49.9 Å².